The van der Waals surface area contributed by atoms with Gasteiger partial charge < -0.3 is 10.6 Å². The van der Waals surface area contributed by atoms with Crippen LogP contribution in [0.25, 0.3) is 0 Å². The van der Waals surface area contributed by atoms with Crippen LogP contribution in [-0.2, 0) is 17.8 Å². The molecule has 1 heterocycles. The summed E-state index contributed by atoms with van der Waals surface area (Å²) in [4.78, 5) is 12.9. The highest BCUT2D eigenvalue weighted by atomic mass is 16.2. The number of hydrogen-bond acceptors (Lipinski definition) is 2. The Morgan fingerprint density at radius 3 is 2.26 bits per heavy atom. The lowest BCUT2D eigenvalue weighted by atomic mass is 9.53. The summed E-state index contributed by atoms with van der Waals surface area (Å²) in [7, 11) is 0. The normalized spacial score (nSPS) is 40.7. The number of carbonyl (C=O) groups excluding carboxylic acids is 1. The third-order valence-corrected chi connectivity index (χ3v) is 6.82. The average molecular weight is 310 g/mol. The zero-order valence-electron chi connectivity index (χ0n) is 13.7. The van der Waals surface area contributed by atoms with Crippen molar-refractivity contribution in [3.05, 3.63) is 35.4 Å². The number of nitrogens with one attached hydrogen (secondary N) is 2. The van der Waals surface area contributed by atoms with E-state index >= 15 is 0 Å². The SMILES string of the molecule is O=C(NC12CC3CC(CC(C3)C1)C2)[C@@H]1Cc2ccccc2CN1. The smallest absolute Gasteiger partial charge is 0.237 e. The van der Waals surface area contributed by atoms with Crippen molar-refractivity contribution in [1.82, 2.24) is 10.6 Å². The van der Waals surface area contributed by atoms with Gasteiger partial charge >= 0.3 is 0 Å². The Labute approximate surface area is 138 Å². The highest BCUT2D eigenvalue weighted by Gasteiger charge is 2.51. The predicted octanol–water partition coefficient (Wildman–Crippen LogP) is 2.79. The predicted molar refractivity (Wildman–Crippen MR) is 89.8 cm³/mol. The van der Waals surface area contributed by atoms with Crippen LogP contribution in [0.1, 0.15) is 49.7 Å². The Kier molecular flexibility index (Phi) is 3.09. The van der Waals surface area contributed by atoms with Crippen LogP contribution in [0.5, 0.6) is 0 Å². The summed E-state index contributed by atoms with van der Waals surface area (Å²) in [6.07, 6.45) is 8.78. The van der Waals surface area contributed by atoms with Gasteiger partial charge in [-0.25, -0.2) is 0 Å². The zero-order valence-corrected chi connectivity index (χ0v) is 13.7. The number of carbonyl (C=O) groups is 1. The van der Waals surface area contributed by atoms with Crippen LogP contribution in [0.2, 0.25) is 0 Å². The lowest BCUT2D eigenvalue weighted by molar-refractivity contribution is -0.129. The molecular formula is C20H26N2O. The van der Waals surface area contributed by atoms with Crippen LogP contribution in [0.3, 0.4) is 0 Å². The first kappa shape index (κ1) is 14.0. The summed E-state index contributed by atoms with van der Waals surface area (Å²) < 4.78 is 0. The average Bonchev–Trinajstić information content (AvgIpc) is 2.52. The second-order valence-corrected chi connectivity index (χ2v) is 8.59. The molecule has 1 aromatic carbocycles. The van der Waals surface area contributed by atoms with Gasteiger partial charge in [0.1, 0.15) is 0 Å². The van der Waals surface area contributed by atoms with E-state index in [1.165, 1.54) is 49.7 Å². The molecule has 4 bridgehead atoms. The van der Waals surface area contributed by atoms with Crippen molar-refractivity contribution in [2.24, 2.45) is 17.8 Å². The van der Waals surface area contributed by atoms with E-state index in [9.17, 15) is 4.79 Å². The third kappa shape index (κ3) is 2.40. The topological polar surface area (TPSA) is 41.1 Å². The summed E-state index contributed by atoms with van der Waals surface area (Å²) >= 11 is 0. The summed E-state index contributed by atoms with van der Waals surface area (Å²) in [5, 5.41) is 6.97. The molecule has 1 aromatic rings. The van der Waals surface area contributed by atoms with Crippen molar-refractivity contribution >= 4 is 5.91 Å². The monoisotopic (exact) mass is 310 g/mol. The number of rotatable bonds is 2. The molecule has 0 unspecified atom stereocenters. The van der Waals surface area contributed by atoms with Crippen LogP contribution in [0.4, 0.5) is 0 Å². The lowest BCUT2D eigenvalue weighted by Crippen LogP contribution is -2.62. The Morgan fingerprint density at radius 1 is 1.00 bits per heavy atom. The Balaban J connectivity index is 1.31. The van der Waals surface area contributed by atoms with Crippen molar-refractivity contribution in [3.8, 4) is 0 Å². The quantitative estimate of drug-likeness (QED) is 0.882. The zero-order chi connectivity index (χ0) is 15.4. The lowest BCUT2D eigenvalue weighted by Gasteiger charge is -2.57. The van der Waals surface area contributed by atoms with Crippen LogP contribution in [0, 0.1) is 17.8 Å². The number of hydrogen-bond donors (Lipinski definition) is 2. The van der Waals surface area contributed by atoms with Crippen LogP contribution >= 0.6 is 0 Å². The molecule has 1 amide bonds. The van der Waals surface area contributed by atoms with Gasteiger partial charge in [0, 0.05) is 12.1 Å². The minimum absolute atomic E-state index is 0.0575. The Hall–Kier alpha value is -1.35. The van der Waals surface area contributed by atoms with Gasteiger partial charge in [0.15, 0.2) is 0 Å². The van der Waals surface area contributed by atoms with Gasteiger partial charge in [-0.2, -0.15) is 0 Å². The van der Waals surface area contributed by atoms with Gasteiger partial charge in [0.05, 0.1) is 6.04 Å². The molecule has 3 nitrogen and oxygen atoms in total. The van der Waals surface area contributed by atoms with Crippen molar-refractivity contribution in [1.29, 1.82) is 0 Å². The maximum Gasteiger partial charge on any atom is 0.237 e. The van der Waals surface area contributed by atoms with Gasteiger partial charge in [-0.3, -0.25) is 4.79 Å². The maximum absolute atomic E-state index is 12.9. The fourth-order valence-electron chi connectivity index (χ4n) is 6.25. The largest absolute Gasteiger partial charge is 0.349 e. The summed E-state index contributed by atoms with van der Waals surface area (Å²) in [5.74, 6) is 2.87. The van der Waals surface area contributed by atoms with Crippen LogP contribution < -0.4 is 10.6 Å². The highest BCUT2D eigenvalue weighted by molar-refractivity contribution is 5.83. The van der Waals surface area contributed by atoms with Crippen LogP contribution in [0.15, 0.2) is 24.3 Å². The van der Waals surface area contributed by atoms with Crippen LogP contribution in [-0.4, -0.2) is 17.5 Å². The van der Waals surface area contributed by atoms with Gasteiger partial charge in [0.2, 0.25) is 5.91 Å². The molecule has 0 radical (unpaired) electrons. The van der Waals surface area contributed by atoms with Gasteiger partial charge in [-0.05, 0) is 73.8 Å². The fraction of sp³-hybridized carbons (Fsp3) is 0.650. The molecule has 1 atom stereocenters. The van der Waals surface area contributed by atoms with E-state index in [4.69, 9.17) is 0 Å². The summed E-state index contributed by atoms with van der Waals surface area (Å²) in [6, 6.07) is 8.43. The molecule has 122 valence electrons. The van der Waals surface area contributed by atoms with Crippen molar-refractivity contribution < 1.29 is 4.79 Å². The number of benzene rings is 1. The fourth-order valence-corrected chi connectivity index (χ4v) is 6.25. The molecule has 23 heavy (non-hydrogen) atoms. The number of amides is 1. The van der Waals surface area contributed by atoms with E-state index in [1.807, 2.05) is 0 Å². The molecule has 6 rings (SSSR count). The first-order chi connectivity index (χ1) is 11.2. The van der Waals surface area contributed by atoms with E-state index in [1.54, 1.807) is 0 Å². The van der Waals surface area contributed by atoms with Gasteiger partial charge in [-0.15, -0.1) is 0 Å². The van der Waals surface area contributed by atoms with Gasteiger partial charge in [0.25, 0.3) is 0 Å². The van der Waals surface area contributed by atoms with Gasteiger partial charge in [-0.1, -0.05) is 24.3 Å². The van der Waals surface area contributed by atoms with E-state index in [2.05, 4.69) is 34.9 Å². The van der Waals surface area contributed by atoms with Crippen molar-refractivity contribution in [2.75, 3.05) is 0 Å². The second-order valence-electron chi connectivity index (χ2n) is 8.59. The molecule has 2 N–H and O–H groups in total. The van der Waals surface area contributed by atoms with E-state index in [0.29, 0.717) is 0 Å². The summed E-state index contributed by atoms with van der Waals surface area (Å²) in [5.41, 5.74) is 2.80. The first-order valence-electron chi connectivity index (χ1n) is 9.31. The molecule has 0 aromatic heterocycles. The second kappa shape index (κ2) is 5.07. The minimum atomic E-state index is -0.0575. The Bertz CT molecular complexity index is 603. The molecule has 4 fully saturated rings. The standard InChI is InChI=1S/C20H26N2O/c23-19(18-8-16-3-1-2-4-17(16)12-21-18)22-20-9-13-5-14(10-20)7-15(6-13)11-20/h1-4,13-15,18,21H,5-12H2,(H,22,23)/t13?,14?,15?,18-,20?/m0/s1. The third-order valence-electron chi connectivity index (χ3n) is 6.82. The molecular weight excluding hydrogens is 284 g/mol. The van der Waals surface area contributed by atoms with Crippen molar-refractivity contribution in [2.45, 2.75) is 63.1 Å². The van der Waals surface area contributed by atoms with Crippen molar-refractivity contribution in [3.63, 3.8) is 0 Å². The minimum Gasteiger partial charge on any atom is -0.349 e. The van der Waals surface area contributed by atoms with E-state index < -0.39 is 0 Å². The molecule has 5 aliphatic rings. The molecule has 4 aliphatic carbocycles. The summed E-state index contributed by atoms with van der Waals surface area (Å²) in [6.45, 7) is 0.815. The molecule has 3 heteroatoms. The molecule has 0 saturated heterocycles. The molecule has 0 spiro atoms. The van der Waals surface area contributed by atoms with E-state index in [-0.39, 0.29) is 17.5 Å². The highest BCUT2D eigenvalue weighted by Crippen LogP contribution is 2.55. The molecule has 1 aliphatic heterocycles. The Morgan fingerprint density at radius 2 is 1.61 bits per heavy atom. The maximum atomic E-state index is 12.9. The first-order valence-corrected chi connectivity index (χ1v) is 9.31. The van der Waals surface area contributed by atoms with E-state index in [0.717, 1.165) is 30.7 Å². The number of fused-ring (bicyclic) bond motifs is 1. The molecule has 4 saturated carbocycles.